The van der Waals surface area contributed by atoms with Crippen molar-refractivity contribution in [2.45, 2.75) is 20.4 Å². The smallest absolute Gasteiger partial charge is 0.191 e. The van der Waals surface area contributed by atoms with Gasteiger partial charge in [0, 0.05) is 24.7 Å². The van der Waals surface area contributed by atoms with Crippen molar-refractivity contribution >= 4 is 5.69 Å². The summed E-state index contributed by atoms with van der Waals surface area (Å²) in [5, 5.41) is 3.43. The first-order valence-corrected chi connectivity index (χ1v) is 7.03. The van der Waals surface area contributed by atoms with Crippen molar-refractivity contribution in [1.29, 1.82) is 0 Å². The summed E-state index contributed by atoms with van der Waals surface area (Å²) in [7, 11) is 0. The van der Waals surface area contributed by atoms with Gasteiger partial charge in [0.2, 0.25) is 0 Å². The van der Waals surface area contributed by atoms with Crippen LogP contribution in [-0.2, 0) is 6.54 Å². The Kier molecular flexibility index (Phi) is 3.73. The number of anilines is 1. The predicted octanol–water partition coefficient (Wildman–Crippen LogP) is 4.57. The minimum absolute atomic E-state index is 0.687. The molecule has 0 spiro atoms. The number of aromatic nitrogens is 1. The lowest BCUT2D eigenvalue weighted by molar-refractivity contribution is 0.521. The Labute approximate surface area is 124 Å². The highest BCUT2D eigenvalue weighted by atomic mass is 16.3. The SMILES string of the molecule is Cc1cccc(CNc2ccc(-c3coc(C)n3)cc2)c1. The average Bonchev–Trinajstić information content (AvgIpc) is 2.92. The minimum atomic E-state index is 0.687. The van der Waals surface area contributed by atoms with Gasteiger partial charge in [0.05, 0.1) is 0 Å². The summed E-state index contributed by atoms with van der Waals surface area (Å²) < 4.78 is 5.24. The van der Waals surface area contributed by atoms with Crippen molar-refractivity contribution < 1.29 is 4.42 Å². The molecule has 0 aliphatic heterocycles. The fourth-order valence-electron chi connectivity index (χ4n) is 2.28. The maximum atomic E-state index is 5.24. The van der Waals surface area contributed by atoms with E-state index < -0.39 is 0 Å². The lowest BCUT2D eigenvalue weighted by Gasteiger charge is -2.07. The second kappa shape index (κ2) is 5.83. The molecule has 106 valence electrons. The van der Waals surface area contributed by atoms with Crippen molar-refractivity contribution in [3.05, 3.63) is 71.8 Å². The van der Waals surface area contributed by atoms with Crippen LogP contribution in [0.4, 0.5) is 5.69 Å². The van der Waals surface area contributed by atoms with Crippen LogP contribution >= 0.6 is 0 Å². The lowest BCUT2D eigenvalue weighted by atomic mass is 10.1. The predicted molar refractivity (Wildman–Crippen MR) is 85.2 cm³/mol. The molecule has 2 aromatic carbocycles. The van der Waals surface area contributed by atoms with Crippen LogP contribution < -0.4 is 5.32 Å². The highest BCUT2D eigenvalue weighted by Crippen LogP contribution is 2.21. The van der Waals surface area contributed by atoms with Crippen LogP contribution in [-0.4, -0.2) is 4.98 Å². The number of oxazole rings is 1. The maximum Gasteiger partial charge on any atom is 0.191 e. The molecule has 0 amide bonds. The molecule has 0 unspecified atom stereocenters. The van der Waals surface area contributed by atoms with Gasteiger partial charge >= 0.3 is 0 Å². The van der Waals surface area contributed by atoms with Gasteiger partial charge in [-0.1, -0.05) is 42.0 Å². The number of aryl methyl sites for hydroxylation is 2. The molecule has 3 rings (SSSR count). The number of hydrogen-bond acceptors (Lipinski definition) is 3. The molecule has 0 aliphatic rings. The van der Waals surface area contributed by atoms with Crippen molar-refractivity contribution in [3.8, 4) is 11.3 Å². The molecule has 3 aromatic rings. The molecule has 0 radical (unpaired) electrons. The van der Waals surface area contributed by atoms with Gasteiger partial charge in [0.25, 0.3) is 0 Å². The van der Waals surface area contributed by atoms with Gasteiger partial charge in [-0.3, -0.25) is 0 Å². The summed E-state index contributed by atoms with van der Waals surface area (Å²) in [5.74, 6) is 0.687. The number of nitrogens with one attached hydrogen (secondary N) is 1. The standard InChI is InChI=1S/C18H18N2O/c1-13-4-3-5-15(10-13)11-19-17-8-6-16(7-9-17)18-12-21-14(2)20-18/h3-10,12,19H,11H2,1-2H3. The molecule has 0 saturated heterocycles. The van der Waals surface area contributed by atoms with E-state index in [9.17, 15) is 0 Å². The maximum absolute atomic E-state index is 5.24. The molecule has 3 heteroatoms. The van der Waals surface area contributed by atoms with E-state index in [4.69, 9.17) is 4.42 Å². The zero-order valence-corrected chi connectivity index (χ0v) is 12.3. The zero-order valence-electron chi connectivity index (χ0n) is 12.3. The van der Waals surface area contributed by atoms with Crippen molar-refractivity contribution in [1.82, 2.24) is 4.98 Å². The number of hydrogen-bond donors (Lipinski definition) is 1. The van der Waals surface area contributed by atoms with E-state index >= 15 is 0 Å². The molecular formula is C18H18N2O. The van der Waals surface area contributed by atoms with Crippen molar-refractivity contribution in [3.63, 3.8) is 0 Å². The first-order valence-electron chi connectivity index (χ1n) is 7.03. The second-order valence-corrected chi connectivity index (χ2v) is 5.17. The van der Waals surface area contributed by atoms with E-state index in [1.807, 2.05) is 6.92 Å². The third-order valence-corrected chi connectivity index (χ3v) is 3.38. The number of benzene rings is 2. The summed E-state index contributed by atoms with van der Waals surface area (Å²) >= 11 is 0. The van der Waals surface area contributed by atoms with Gasteiger partial charge in [-0.25, -0.2) is 4.98 Å². The highest BCUT2D eigenvalue weighted by Gasteiger charge is 2.03. The van der Waals surface area contributed by atoms with E-state index in [2.05, 4.69) is 65.8 Å². The van der Waals surface area contributed by atoms with E-state index in [1.54, 1.807) is 6.26 Å². The van der Waals surface area contributed by atoms with Gasteiger partial charge in [-0.05, 0) is 24.6 Å². The first kappa shape index (κ1) is 13.4. The monoisotopic (exact) mass is 278 g/mol. The fraction of sp³-hybridized carbons (Fsp3) is 0.167. The minimum Gasteiger partial charge on any atom is -0.449 e. The molecule has 1 N–H and O–H groups in total. The zero-order chi connectivity index (χ0) is 14.7. The third kappa shape index (κ3) is 3.31. The van der Waals surface area contributed by atoms with Gasteiger partial charge in [0.1, 0.15) is 12.0 Å². The Morgan fingerprint density at radius 3 is 2.52 bits per heavy atom. The van der Waals surface area contributed by atoms with Crippen LogP contribution in [0.2, 0.25) is 0 Å². The van der Waals surface area contributed by atoms with E-state index in [-0.39, 0.29) is 0 Å². The lowest BCUT2D eigenvalue weighted by Crippen LogP contribution is -1.99. The van der Waals surface area contributed by atoms with Crippen LogP contribution in [0.25, 0.3) is 11.3 Å². The molecule has 0 saturated carbocycles. The van der Waals surface area contributed by atoms with Gasteiger partial charge in [-0.15, -0.1) is 0 Å². The van der Waals surface area contributed by atoms with Crippen LogP contribution in [0.15, 0.2) is 59.2 Å². The van der Waals surface area contributed by atoms with Gasteiger partial charge < -0.3 is 9.73 Å². The Balaban J connectivity index is 1.67. The summed E-state index contributed by atoms with van der Waals surface area (Å²) in [6.45, 7) is 4.78. The normalized spacial score (nSPS) is 10.6. The topological polar surface area (TPSA) is 38.1 Å². The molecule has 21 heavy (non-hydrogen) atoms. The molecule has 0 fully saturated rings. The summed E-state index contributed by atoms with van der Waals surface area (Å²) in [5.41, 5.74) is 5.60. The third-order valence-electron chi connectivity index (χ3n) is 3.38. The Hall–Kier alpha value is -2.55. The largest absolute Gasteiger partial charge is 0.449 e. The molecule has 3 nitrogen and oxygen atoms in total. The van der Waals surface area contributed by atoms with Gasteiger partial charge in [0.15, 0.2) is 5.89 Å². The molecule has 0 atom stereocenters. The van der Waals surface area contributed by atoms with Crippen molar-refractivity contribution in [2.75, 3.05) is 5.32 Å². The van der Waals surface area contributed by atoms with Crippen molar-refractivity contribution in [2.24, 2.45) is 0 Å². The van der Waals surface area contributed by atoms with Crippen LogP contribution in [0.5, 0.6) is 0 Å². The summed E-state index contributed by atoms with van der Waals surface area (Å²) in [6.07, 6.45) is 1.69. The Morgan fingerprint density at radius 1 is 1.05 bits per heavy atom. The quantitative estimate of drug-likeness (QED) is 0.759. The van der Waals surface area contributed by atoms with Crippen LogP contribution in [0, 0.1) is 13.8 Å². The molecular weight excluding hydrogens is 260 g/mol. The average molecular weight is 278 g/mol. The Morgan fingerprint density at radius 2 is 1.86 bits per heavy atom. The first-order chi connectivity index (χ1) is 10.2. The molecule has 0 aliphatic carbocycles. The molecule has 1 aromatic heterocycles. The highest BCUT2D eigenvalue weighted by molar-refractivity contribution is 5.61. The summed E-state index contributed by atoms with van der Waals surface area (Å²) in [4.78, 5) is 4.33. The van der Waals surface area contributed by atoms with E-state index in [0.717, 1.165) is 23.5 Å². The molecule has 1 heterocycles. The van der Waals surface area contributed by atoms with E-state index in [0.29, 0.717) is 5.89 Å². The molecule has 0 bridgehead atoms. The summed E-state index contributed by atoms with van der Waals surface area (Å²) in [6, 6.07) is 16.8. The van der Waals surface area contributed by atoms with E-state index in [1.165, 1.54) is 11.1 Å². The number of nitrogens with zero attached hydrogens (tertiary/aromatic N) is 1. The Bertz CT molecular complexity index is 729. The number of rotatable bonds is 4. The van der Waals surface area contributed by atoms with Gasteiger partial charge in [-0.2, -0.15) is 0 Å². The van der Waals surface area contributed by atoms with Crippen LogP contribution in [0.3, 0.4) is 0 Å². The van der Waals surface area contributed by atoms with Crippen LogP contribution in [0.1, 0.15) is 17.0 Å². The fourth-order valence-corrected chi connectivity index (χ4v) is 2.28. The second-order valence-electron chi connectivity index (χ2n) is 5.17.